The number of nitrogens with zero attached hydrogens (tertiary/aromatic N) is 4. The van der Waals surface area contributed by atoms with Crippen LogP contribution in [0.5, 0.6) is 0 Å². The molecule has 1 fully saturated rings. The summed E-state index contributed by atoms with van der Waals surface area (Å²) in [5.74, 6) is -0.717. The summed E-state index contributed by atoms with van der Waals surface area (Å²) >= 11 is 0. The first-order valence-corrected chi connectivity index (χ1v) is 9.97. The number of carboxylic acids is 1. The van der Waals surface area contributed by atoms with Crippen molar-refractivity contribution in [3.05, 3.63) is 54.1 Å². The Morgan fingerprint density at radius 3 is 2.74 bits per heavy atom. The molecule has 9 heteroatoms. The zero-order valence-electron chi connectivity index (χ0n) is 14.6. The van der Waals surface area contributed by atoms with E-state index in [9.17, 15) is 18.3 Å². The number of aromatic nitrogens is 3. The van der Waals surface area contributed by atoms with Gasteiger partial charge in [-0.1, -0.05) is 12.1 Å². The van der Waals surface area contributed by atoms with Crippen molar-refractivity contribution < 1.29 is 18.3 Å². The molecule has 0 aliphatic carbocycles. The Balaban J connectivity index is 1.81. The van der Waals surface area contributed by atoms with Crippen molar-refractivity contribution in [1.29, 1.82) is 0 Å². The van der Waals surface area contributed by atoms with E-state index in [1.165, 1.54) is 22.6 Å². The molecule has 4 rings (SSSR count). The number of rotatable bonds is 4. The van der Waals surface area contributed by atoms with Crippen LogP contribution in [0, 0.1) is 0 Å². The Hall–Kier alpha value is -2.78. The molecule has 0 bridgehead atoms. The maximum atomic E-state index is 13.3. The van der Waals surface area contributed by atoms with Crippen molar-refractivity contribution in [2.45, 2.75) is 23.8 Å². The Kier molecular flexibility index (Phi) is 4.20. The molecule has 1 aliphatic heterocycles. The number of imidazole rings is 1. The molecular formula is C18H18N4O4S. The van der Waals surface area contributed by atoms with E-state index in [0.29, 0.717) is 25.2 Å². The lowest BCUT2D eigenvalue weighted by atomic mass is 10.2. The lowest BCUT2D eigenvalue weighted by Gasteiger charge is -2.24. The van der Waals surface area contributed by atoms with Gasteiger partial charge in [0.1, 0.15) is 10.7 Å². The van der Waals surface area contributed by atoms with Crippen LogP contribution >= 0.6 is 0 Å². The van der Waals surface area contributed by atoms with E-state index in [2.05, 4.69) is 9.97 Å². The number of para-hydroxylation sites is 2. The standard InChI is InChI=1S/C18H18N4O4S/c1-21-13-7-3-2-6-12(13)20-17(21)14-8-5-11-22(14)27(25,26)15-9-4-10-19-16(15)18(23)24/h2-4,6-7,9-10,14H,5,8,11H2,1H3,(H,23,24). The molecule has 140 valence electrons. The second kappa shape index (κ2) is 6.43. The van der Waals surface area contributed by atoms with Gasteiger partial charge in [-0.25, -0.2) is 23.2 Å². The summed E-state index contributed by atoms with van der Waals surface area (Å²) in [7, 11) is -2.17. The predicted molar refractivity (Wildman–Crippen MR) is 97.8 cm³/mol. The Bertz CT molecular complexity index is 1140. The van der Waals surface area contributed by atoms with Crippen LogP contribution in [0.4, 0.5) is 0 Å². The van der Waals surface area contributed by atoms with Crippen molar-refractivity contribution in [3.63, 3.8) is 0 Å². The van der Waals surface area contributed by atoms with E-state index in [1.807, 2.05) is 35.9 Å². The van der Waals surface area contributed by atoms with Gasteiger partial charge in [0, 0.05) is 19.8 Å². The third-order valence-corrected chi connectivity index (χ3v) is 6.82. The number of aryl methyl sites for hydroxylation is 1. The number of sulfonamides is 1. The minimum atomic E-state index is -4.03. The second-order valence-corrected chi connectivity index (χ2v) is 8.31. The van der Waals surface area contributed by atoms with E-state index in [1.54, 1.807) is 0 Å². The van der Waals surface area contributed by atoms with Gasteiger partial charge in [-0.2, -0.15) is 4.31 Å². The largest absolute Gasteiger partial charge is 0.476 e. The lowest BCUT2D eigenvalue weighted by Crippen LogP contribution is -2.33. The topological polar surface area (TPSA) is 105 Å². The van der Waals surface area contributed by atoms with Gasteiger partial charge in [0.25, 0.3) is 0 Å². The summed E-state index contributed by atoms with van der Waals surface area (Å²) in [6.07, 6.45) is 2.57. The average molecular weight is 386 g/mol. The number of carboxylic acid groups (broad SMARTS) is 1. The molecule has 1 aromatic carbocycles. The summed E-state index contributed by atoms with van der Waals surface area (Å²) in [5.41, 5.74) is 1.25. The lowest BCUT2D eigenvalue weighted by molar-refractivity contribution is 0.0685. The van der Waals surface area contributed by atoms with Gasteiger partial charge >= 0.3 is 5.97 Å². The highest BCUT2D eigenvalue weighted by Gasteiger charge is 2.40. The van der Waals surface area contributed by atoms with Crippen LogP contribution in [0.15, 0.2) is 47.5 Å². The molecule has 2 aromatic heterocycles. The zero-order valence-corrected chi connectivity index (χ0v) is 15.4. The highest BCUT2D eigenvalue weighted by molar-refractivity contribution is 7.89. The third kappa shape index (κ3) is 2.79. The van der Waals surface area contributed by atoms with Crippen LogP contribution in [0.3, 0.4) is 0 Å². The van der Waals surface area contributed by atoms with Gasteiger partial charge in [0.2, 0.25) is 10.0 Å². The van der Waals surface area contributed by atoms with Gasteiger partial charge in [-0.05, 0) is 37.1 Å². The molecule has 0 spiro atoms. The first kappa shape index (κ1) is 17.6. The van der Waals surface area contributed by atoms with Crippen LogP contribution in [-0.4, -0.2) is 44.9 Å². The van der Waals surface area contributed by atoms with Crippen molar-refractivity contribution in [3.8, 4) is 0 Å². The molecule has 1 saturated heterocycles. The number of pyridine rings is 1. The summed E-state index contributed by atoms with van der Waals surface area (Å²) in [5, 5.41) is 9.33. The SMILES string of the molecule is Cn1c(C2CCCN2S(=O)(=O)c2cccnc2C(=O)O)nc2ccccc21. The molecule has 0 saturated carbocycles. The molecule has 3 heterocycles. The number of carbonyl (C=O) groups is 1. The van der Waals surface area contributed by atoms with E-state index < -0.39 is 27.7 Å². The molecule has 27 heavy (non-hydrogen) atoms. The van der Waals surface area contributed by atoms with Crippen LogP contribution in [0.1, 0.15) is 35.2 Å². The number of benzene rings is 1. The fraction of sp³-hybridized carbons (Fsp3) is 0.278. The van der Waals surface area contributed by atoms with Crippen molar-refractivity contribution >= 4 is 27.0 Å². The number of hydrogen-bond donors (Lipinski definition) is 1. The predicted octanol–water partition coefficient (Wildman–Crippen LogP) is 2.19. The molecule has 1 N–H and O–H groups in total. The molecule has 1 atom stereocenters. The summed E-state index contributed by atoms with van der Waals surface area (Å²) < 4.78 is 29.8. The molecular weight excluding hydrogens is 368 g/mol. The average Bonchev–Trinajstić information content (AvgIpc) is 3.27. The molecule has 0 amide bonds. The van der Waals surface area contributed by atoms with Gasteiger partial charge in [0.15, 0.2) is 5.69 Å². The number of fused-ring (bicyclic) bond motifs is 1. The Morgan fingerprint density at radius 1 is 1.22 bits per heavy atom. The van der Waals surface area contributed by atoms with Crippen molar-refractivity contribution in [2.75, 3.05) is 6.54 Å². The maximum absolute atomic E-state index is 13.3. The summed E-state index contributed by atoms with van der Waals surface area (Å²) in [6.45, 7) is 0.310. The molecule has 3 aromatic rings. The first-order valence-electron chi connectivity index (χ1n) is 8.53. The van der Waals surface area contributed by atoms with Crippen molar-refractivity contribution in [2.24, 2.45) is 7.05 Å². The van der Waals surface area contributed by atoms with E-state index in [4.69, 9.17) is 0 Å². The van der Waals surface area contributed by atoms with E-state index in [-0.39, 0.29) is 4.90 Å². The van der Waals surface area contributed by atoms with Gasteiger partial charge in [0.05, 0.1) is 17.1 Å². The van der Waals surface area contributed by atoms with Crippen molar-refractivity contribution in [1.82, 2.24) is 18.8 Å². The normalized spacial score (nSPS) is 18.2. The fourth-order valence-electron chi connectivity index (χ4n) is 3.63. The highest BCUT2D eigenvalue weighted by Crippen LogP contribution is 2.37. The molecule has 1 aliphatic rings. The van der Waals surface area contributed by atoms with Crippen LogP contribution in [-0.2, 0) is 17.1 Å². The molecule has 8 nitrogen and oxygen atoms in total. The zero-order chi connectivity index (χ0) is 19.2. The van der Waals surface area contributed by atoms with Crippen LogP contribution in [0.25, 0.3) is 11.0 Å². The Morgan fingerprint density at radius 2 is 2.00 bits per heavy atom. The smallest absolute Gasteiger partial charge is 0.355 e. The third-order valence-electron chi connectivity index (χ3n) is 4.88. The fourth-order valence-corrected chi connectivity index (χ4v) is 5.43. The summed E-state index contributed by atoms with van der Waals surface area (Å²) in [6, 6.07) is 9.88. The highest BCUT2D eigenvalue weighted by atomic mass is 32.2. The molecule has 1 unspecified atom stereocenters. The van der Waals surface area contributed by atoms with Gasteiger partial charge in [-0.15, -0.1) is 0 Å². The number of aromatic carboxylic acids is 1. The maximum Gasteiger partial charge on any atom is 0.355 e. The van der Waals surface area contributed by atoms with Crippen LogP contribution < -0.4 is 0 Å². The summed E-state index contributed by atoms with van der Waals surface area (Å²) in [4.78, 5) is 19.5. The Labute approximate surface area is 156 Å². The minimum absolute atomic E-state index is 0.289. The van der Waals surface area contributed by atoms with Gasteiger partial charge < -0.3 is 9.67 Å². The first-order chi connectivity index (χ1) is 12.9. The van der Waals surface area contributed by atoms with Crippen LogP contribution in [0.2, 0.25) is 0 Å². The minimum Gasteiger partial charge on any atom is -0.476 e. The molecule has 0 radical (unpaired) electrons. The van der Waals surface area contributed by atoms with E-state index >= 15 is 0 Å². The quantitative estimate of drug-likeness (QED) is 0.737. The number of hydrogen-bond acceptors (Lipinski definition) is 5. The van der Waals surface area contributed by atoms with E-state index in [0.717, 1.165) is 11.0 Å². The second-order valence-electron chi connectivity index (χ2n) is 6.45. The monoisotopic (exact) mass is 386 g/mol. The van der Waals surface area contributed by atoms with Gasteiger partial charge in [-0.3, -0.25) is 0 Å².